The molecule has 240 valence electrons. The van der Waals surface area contributed by atoms with Crippen molar-refractivity contribution in [2.45, 2.75) is 0 Å². The predicted octanol–water partition coefficient (Wildman–Crippen LogP) is 5.69. The fraction of sp³-hybridized carbons (Fsp3) is 0.333. The maximum atomic E-state index is 11.0. The summed E-state index contributed by atoms with van der Waals surface area (Å²) in [5, 5.41) is 40.4. The van der Waals surface area contributed by atoms with Crippen LogP contribution in [0.5, 0.6) is 0 Å². The van der Waals surface area contributed by atoms with E-state index >= 15 is 0 Å². The van der Waals surface area contributed by atoms with E-state index in [9.17, 15) is 19.2 Å². The van der Waals surface area contributed by atoms with E-state index in [-0.39, 0.29) is 39.6 Å². The lowest BCUT2D eigenvalue weighted by Gasteiger charge is -2.11. The van der Waals surface area contributed by atoms with Crippen LogP contribution < -0.4 is 10.6 Å². The molecule has 0 atom stereocenters. The Kier molecular flexibility index (Phi) is 23.6. The monoisotopic (exact) mass is 1280 g/mol. The summed E-state index contributed by atoms with van der Waals surface area (Å²) in [5.74, 6) is -3.82. The number of carbonyl (C=O) groups is 4. The second-order valence-corrected chi connectivity index (χ2v) is 14.2. The van der Waals surface area contributed by atoms with Gasteiger partial charge in [-0.15, -0.1) is 0 Å². The molecule has 43 heavy (non-hydrogen) atoms. The van der Waals surface area contributed by atoms with Crippen LogP contribution in [0.3, 0.4) is 0 Å². The molecule has 0 unspecified atom stereocenters. The maximum Gasteiger partial charge on any atom is 0.337 e. The number of ether oxygens (including phenoxy) is 3. The number of aromatic carboxylic acids is 2. The molecule has 0 aliphatic heterocycles. The van der Waals surface area contributed by atoms with Gasteiger partial charge in [0.25, 0.3) is 0 Å². The average molecular weight is 1280 g/mol. The molecule has 0 bridgehead atoms. The molecule has 0 heterocycles. The fourth-order valence-corrected chi connectivity index (χ4v) is 11.4. The minimum absolute atomic E-state index is 0.186. The fourth-order valence-electron chi connectivity index (χ4n) is 2.69. The van der Waals surface area contributed by atoms with Gasteiger partial charge in [-0.25, -0.2) is 19.2 Å². The number of hydrogen-bond donors (Lipinski definition) is 6. The lowest BCUT2D eigenvalue weighted by atomic mass is 10.2. The zero-order valence-electron chi connectivity index (χ0n) is 22.3. The highest BCUT2D eigenvalue weighted by Crippen LogP contribution is 2.32. The van der Waals surface area contributed by atoms with Gasteiger partial charge in [0, 0.05) is 28.4 Å². The maximum absolute atomic E-state index is 11.0. The SMILES string of the molecule is CNc1c(I)cc(I)c(C(=O)O)c1I.CNc1c(I)cc(I)c(C(=O)O)c1I.O=C(O)COCCOCCOCC(=O)O. The average Bonchev–Trinajstić information content (AvgIpc) is 2.87. The summed E-state index contributed by atoms with van der Waals surface area (Å²) in [4.78, 5) is 42.0. The van der Waals surface area contributed by atoms with Crippen molar-refractivity contribution < 1.29 is 53.8 Å². The summed E-state index contributed by atoms with van der Waals surface area (Å²) in [6, 6.07) is 3.72. The highest BCUT2D eigenvalue weighted by molar-refractivity contribution is 14.1. The zero-order valence-corrected chi connectivity index (χ0v) is 35.3. The van der Waals surface area contributed by atoms with Crippen LogP contribution in [0.15, 0.2) is 12.1 Å². The molecule has 0 aliphatic rings. The van der Waals surface area contributed by atoms with Crippen molar-refractivity contribution in [1.82, 2.24) is 0 Å². The molecular weight excluding hydrogens is 1250 g/mol. The molecule has 19 heteroatoms. The van der Waals surface area contributed by atoms with E-state index in [1.165, 1.54) is 0 Å². The normalized spacial score (nSPS) is 10.0. The van der Waals surface area contributed by atoms with Crippen LogP contribution in [0, 0.1) is 21.4 Å². The molecule has 2 aromatic rings. The molecule has 0 saturated heterocycles. The Hall–Kier alpha value is 0.180. The van der Waals surface area contributed by atoms with Gasteiger partial charge < -0.3 is 45.3 Å². The summed E-state index contributed by atoms with van der Waals surface area (Å²) < 4.78 is 19.4. The van der Waals surface area contributed by atoms with Crippen LogP contribution in [0.4, 0.5) is 11.4 Å². The van der Waals surface area contributed by atoms with Gasteiger partial charge in [0.1, 0.15) is 13.2 Å². The van der Waals surface area contributed by atoms with Crippen LogP contribution in [0.2, 0.25) is 0 Å². The Balaban J connectivity index is 0.000000616. The van der Waals surface area contributed by atoms with Crippen molar-refractivity contribution in [2.75, 3.05) is 64.4 Å². The van der Waals surface area contributed by atoms with Crippen LogP contribution in [-0.2, 0) is 23.8 Å². The lowest BCUT2D eigenvalue weighted by Crippen LogP contribution is -2.14. The van der Waals surface area contributed by atoms with Crippen molar-refractivity contribution in [3.05, 3.63) is 44.7 Å². The first-order valence-electron chi connectivity index (χ1n) is 11.4. The highest BCUT2D eigenvalue weighted by atomic mass is 127. The lowest BCUT2D eigenvalue weighted by molar-refractivity contribution is -0.142. The number of hydrogen-bond acceptors (Lipinski definition) is 9. The van der Waals surface area contributed by atoms with Gasteiger partial charge in [0.15, 0.2) is 0 Å². The van der Waals surface area contributed by atoms with E-state index in [4.69, 9.17) is 25.2 Å². The zero-order chi connectivity index (χ0) is 33.3. The number of carboxylic acids is 4. The van der Waals surface area contributed by atoms with Crippen LogP contribution in [0.25, 0.3) is 0 Å². The van der Waals surface area contributed by atoms with Crippen molar-refractivity contribution >= 4 is 171 Å². The summed E-state index contributed by atoms with van der Waals surface area (Å²) in [5.41, 5.74) is 2.50. The summed E-state index contributed by atoms with van der Waals surface area (Å²) in [6.07, 6.45) is 0. The number of carboxylic acid groups (broad SMARTS) is 4. The van der Waals surface area contributed by atoms with E-state index in [0.29, 0.717) is 11.1 Å². The molecule has 6 N–H and O–H groups in total. The minimum Gasteiger partial charge on any atom is -0.480 e. The first-order chi connectivity index (χ1) is 20.1. The van der Waals surface area contributed by atoms with E-state index in [1.54, 1.807) is 14.1 Å². The Morgan fingerprint density at radius 2 is 0.884 bits per heavy atom. The quantitative estimate of drug-likeness (QED) is 0.0998. The Morgan fingerprint density at radius 1 is 0.581 bits per heavy atom. The predicted molar refractivity (Wildman–Crippen MR) is 210 cm³/mol. The first kappa shape index (κ1) is 43.2. The summed E-state index contributed by atoms with van der Waals surface area (Å²) in [6.45, 7) is 0.182. The minimum atomic E-state index is -1.03. The Labute approximate surface area is 329 Å². The van der Waals surface area contributed by atoms with Gasteiger partial charge in [-0.2, -0.15) is 0 Å². The third-order valence-electron chi connectivity index (χ3n) is 4.46. The van der Waals surface area contributed by atoms with Crippen molar-refractivity contribution in [3.8, 4) is 0 Å². The van der Waals surface area contributed by atoms with Gasteiger partial charge in [-0.1, -0.05) is 0 Å². The van der Waals surface area contributed by atoms with Gasteiger partial charge in [0.05, 0.1) is 56.1 Å². The smallest absolute Gasteiger partial charge is 0.337 e. The van der Waals surface area contributed by atoms with Crippen molar-refractivity contribution in [1.29, 1.82) is 0 Å². The third kappa shape index (κ3) is 16.5. The summed E-state index contributed by atoms with van der Waals surface area (Å²) in [7, 11) is 3.58. The molecule has 0 spiro atoms. The van der Waals surface area contributed by atoms with Gasteiger partial charge in [-0.05, 0) is 148 Å². The van der Waals surface area contributed by atoms with Crippen LogP contribution in [-0.4, -0.2) is 98.0 Å². The molecule has 2 aromatic carbocycles. The van der Waals surface area contributed by atoms with Gasteiger partial charge in [0.2, 0.25) is 0 Å². The van der Waals surface area contributed by atoms with E-state index in [0.717, 1.165) is 32.8 Å². The Bertz CT molecular complexity index is 1190. The third-order valence-corrected chi connectivity index (χ3v) is 10.0. The molecule has 0 radical (unpaired) electrons. The van der Waals surface area contributed by atoms with E-state index in [1.807, 2.05) is 57.3 Å². The molecule has 0 aromatic heterocycles. The standard InChI is InChI=1S/2C8H6I3NO2.C8H14O7/c2*1-12-7-4(10)2-3(9)5(6(7)11)8(13)14;9-7(10)5-14-3-1-13-2-4-15-6-8(11)12/h2*2,12H,1H3,(H,13,14);1-6H2,(H,9,10)(H,11,12). The topological polar surface area (TPSA) is 201 Å². The van der Waals surface area contributed by atoms with Crippen LogP contribution in [0.1, 0.15) is 20.7 Å². The molecule has 13 nitrogen and oxygen atoms in total. The number of nitrogens with one attached hydrogen (secondary N) is 2. The summed E-state index contributed by atoms with van der Waals surface area (Å²) >= 11 is 12.6. The number of halogens is 6. The highest BCUT2D eigenvalue weighted by Gasteiger charge is 2.19. The number of rotatable bonds is 14. The number of aliphatic carboxylic acids is 2. The molecule has 0 aliphatic carbocycles. The molecule has 2 rings (SSSR count). The van der Waals surface area contributed by atoms with Gasteiger partial charge in [-0.3, -0.25) is 0 Å². The second kappa shape index (κ2) is 23.5. The molecular formula is C24H26I6N2O11. The van der Waals surface area contributed by atoms with Crippen molar-refractivity contribution in [3.63, 3.8) is 0 Å². The second-order valence-electron chi connectivity index (χ2n) is 7.42. The Morgan fingerprint density at radius 3 is 1.14 bits per heavy atom. The largest absolute Gasteiger partial charge is 0.480 e. The first-order valence-corrected chi connectivity index (χ1v) is 17.9. The molecule has 0 fully saturated rings. The molecule has 0 amide bonds. The van der Waals surface area contributed by atoms with Gasteiger partial charge >= 0.3 is 23.9 Å². The van der Waals surface area contributed by atoms with Crippen molar-refractivity contribution in [2.24, 2.45) is 0 Å². The van der Waals surface area contributed by atoms with Crippen LogP contribution >= 0.6 is 136 Å². The number of benzene rings is 2. The number of anilines is 2. The molecule has 0 saturated carbocycles. The van der Waals surface area contributed by atoms with E-state index < -0.39 is 23.9 Å². The van der Waals surface area contributed by atoms with E-state index in [2.05, 4.69) is 110 Å².